The summed E-state index contributed by atoms with van der Waals surface area (Å²) in [5.41, 5.74) is 10.1. The zero-order valence-electron chi connectivity index (χ0n) is 20.7. The van der Waals surface area contributed by atoms with Crippen molar-refractivity contribution >= 4 is 22.7 Å². The van der Waals surface area contributed by atoms with Crippen LogP contribution in [0.1, 0.15) is 0 Å². The van der Waals surface area contributed by atoms with Crippen LogP contribution in [0.2, 0.25) is 0 Å². The van der Waals surface area contributed by atoms with E-state index in [-0.39, 0.29) is 5.75 Å². The van der Waals surface area contributed by atoms with Gasteiger partial charge < -0.3 is 9.94 Å². The van der Waals surface area contributed by atoms with E-state index in [4.69, 9.17) is 4.84 Å². The number of rotatable bonds is 8. The molecule has 2 N–H and O–H groups in total. The monoisotopic (exact) mass is 499 g/mol. The Bertz CT molecular complexity index is 1530. The van der Waals surface area contributed by atoms with Crippen LogP contribution >= 0.6 is 0 Å². The summed E-state index contributed by atoms with van der Waals surface area (Å²) >= 11 is 0. The maximum atomic E-state index is 9.36. The molecule has 0 aromatic heterocycles. The van der Waals surface area contributed by atoms with E-state index in [1.54, 1.807) is 31.3 Å². The van der Waals surface area contributed by atoms with E-state index in [1.807, 2.05) is 72.8 Å². The maximum Gasteiger partial charge on any atom is 0.147 e. The Hall–Kier alpha value is -5.14. The van der Waals surface area contributed by atoms with Crippen LogP contribution in [0.25, 0.3) is 22.3 Å². The Morgan fingerprint density at radius 1 is 0.447 bits per heavy atom. The van der Waals surface area contributed by atoms with E-state index < -0.39 is 0 Å². The number of nitrogens with one attached hydrogen (secondary N) is 1. The Balaban J connectivity index is 1.21. The van der Waals surface area contributed by atoms with Gasteiger partial charge in [-0.05, 0) is 95.1 Å². The van der Waals surface area contributed by atoms with E-state index in [2.05, 4.69) is 50.2 Å². The molecule has 0 heterocycles. The zero-order chi connectivity index (χ0) is 26.2. The first-order valence-electron chi connectivity index (χ1n) is 12.0. The van der Waals surface area contributed by atoms with Gasteiger partial charge in [0.15, 0.2) is 0 Å². The lowest BCUT2D eigenvalue weighted by molar-refractivity contribution is 0.224. The minimum absolute atomic E-state index is 0.206. The third kappa shape index (κ3) is 6.34. The second-order valence-corrected chi connectivity index (χ2v) is 8.39. The normalized spacial score (nSPS) is 11.3. The van der Waals surface area contributed by atoms with Crippen LogP contribution in [0.15, 0.2) is 142 Å². The highest BCUT2D eigenvalue weighted by molar-refractivity contribution is 5.71. The van der Waals surface area contributed by atoms with Crippen molar-refractivity contribution in [2.24, 2.45) is 20.5 Å². The molecule has 0 aliphatic rings. The van der Waals surface area contributed by atoms with Crippen molar-refractivity contribution in [3.8, 4) is 33.8 Å². The van der Waals surface area contributed by atoms with Gasteiger partial charge in [0.1, 0.15) is 11.5 Å². The van der Waals surface area contributed by atoms with Crippen molar-refractivity contribution in [1.29, 1.82) is 0 Å². The quantitative estimate of drug-likeness (QED) is 0.165. The highest BCUT2D eigenvalue weighted by Gasteiger charge is 2.02. The third-order valence-corrected chi connectivity index (χ3v) is 5.75. The van der Waals surface area contributed by atoms with Crippen LogP contribution in [0, 0.1) is 0 Å². The van der Waals surface area contributed by atoms with Crippen molar-refractivity contribution in [3.05, 3.63) is 121 Å². The topological polar surface area (TPSA) is 90.9 Å². The average molecular weight is 500 g/mol. The molecule has 5 aromatic rings. The maximum absolute atomic E-state index is 9.36. The first kappa shape index (κ1) is 24.5. The summed E-state index contributed by atoms with van der Waals surface area (Å²) in [4.78, 5) is 5.21. The van der Waals surface area contributed by atoms with Gasteiger partial charge in [0.2, 0.25) is 0 Å². The number of hydrogen-bond acceptors (Lipinski definition) is 7. The van der Waals surface area contributed by atoms with Crippen LogP contribution in [0.5, 0.6) is 11.5 Å². The van der Waals surface area contributed by atoms with Crippen molar-refractivity contribution in [2.45, 2.75) is 0 Å². The Morgan fingerprint density at radius 2 is 0.737 bits per heavy atom. The second kappa shape index (κ2) is 11.7. The van der Waals surface area contributed by atoms with Gasteiger partial charge in [-0.15, -0.1) is 0 Å². The Kier molecular flexibility index (Phi) is 7.58. The van der Waals surface area contributed by atoms with Crippen molar-refractivity contribution in [2.75, 3.05) is 7.05 Å². The Morgan fingerprint density at radius 3 is 1.08 bits per heavy atom. The SMILES string of the molecule is CNOc1ccc(/N=N/c2ccc(-c3ccc(-c4ccc(/N=N/c5ccc(O)cc5)cc4)cc3)cc2)cc1. The molecule has 0 unspecified atom stereocenters. The molecule has 0 saturated carbocycles. The molecule has 5 rings (SSSR count). The Labute approximate surface area is 220 Å². The summed E-state index contributed by atoms with van der Waals surface area (Å²) in [5.74, 6) is 0.921. The summed E-state index contributed by atoms with van der Waals surface area (Å²) in [6.45, 7) is 0. The van der Waals surface area contributed by atoms with E-state index in [9.17, 15) is 5.11 Å². The van der Waals surface area contributed by atoms with Crippen molar-refractivity contribution < 1.29 is 9.94 Å². The van der Waals surface area contributed by atoms with E-state index in [0.29, 0.717) is 11.4 Å². The first-order chi connectivity index (χ1) is 18.7. The molecule has 0 fully saturated rings. The lowest BCUT2D eigenvalue weighted by atomic mass is 10.00. The molecular weight excluding hydrogens is 474 g/mol. The van der Waals surface area contributed by atoms with E-state index >= 15 is 0 Å². The number of hydroxylamine groups is 1. The molecular formula is C31H25N5O2. The van der Waals surface area contributed by atoms with Gasteiger partial charge >= 0.3 is 0 Å². The molecule has 0 atom stereocenters. The molecule has 7 nitrogen and oxygen atoms in total. The fourth-order valence-corrected chi connectivity index (χ4v) is 3.75. The number of aromatic hydroxyl groups is 1. The molecule has 0 bridgehead atoms. The molecule has 38 heavy (non-hydrogen) atoms. The second-order valence-electron chi connectivity index (χ2n) is 8.39. The molecule has 0 amide bonds. The minimum Gasteiger partial charge on any atom is -0.508 e. The summed E-state index contributed by atoms with van der Waals surface area (Å²) in [7, 11) is 1.71. The molecule has 186 valence electrons. The lowest BCUT2D eigenvalue weighted by Crippen LogP contribution is -2.10. The molecule has 0 spiro atoms. The first-order valence-corrected chi connectivity index (χ1v) is 12.0. The largest absolute Gasteiger partial charge is 0.508 e. The summed E-state index contributed by atoms with van der Waals surface area (Å²) in [5, 5.41) is 26.4. The number of nitrogens with zero attached hydrogens (tertiary/aromatic N) is 4. The lowest BCUT2D eigenvalue weighted by Gasteiger charge is -2.06. The highest BCUT2D eigenvalue weighted by atomic mass is 16.6. The van der Waals surface area contributed by atoms with Crippen molar-refractivity contribution in [1.82, 2.24) is 5.48 Å². The molecule has 0 radical (unpaired) electrons. The molecule has 0 aliphatic heterocycles. The van der Waals surface area contributed by atoms with E-state index in [0.717, 1.165) is 39.3 Å². The average Bonchev–Trinajstić information content (AvgIpc) is 2.97. The van der Waals surface area contributed by atoms with Crippen LogP contribution in [-0.4, -0.2) is 12.2 Å². The number of phenols is 1. The number of azo groups is 2. The molecule has 0 saturated heterocycles. The smallest absolute Gasteiger partial charge is 0.147 e. The third-order valence-electron chi connectivity index (χ3n) is 5.75. The van der Waals surface area contributed by atoms with Gasteiger partial charge in [-0.25, -0.2) is 0 Å². The fourth-order valence-electron chi connectivity index (χ4n) is 3.75. The van der Waals surface area contributed by atoms with Gasteiger partial charge in [0, 0.05) is 7.05 Å². The molecule has 5 aromatic carbocycles. The zero-order valence-corrected chi connectivity index (χ0v) is 20.7. The fraction of sp³-hybridized carbons (Fsp3) is 0.0323. The van der Waals surface area contributed by atoms with Crippen LogP contribution in [0.3, 0.4) is 0 Å². The minimum atomic E-state index is 0.206. The van der Waals surface area contributed by atoms with Crippen LogP contribution < -0.4 is 10.3 Å². The highest BCUT2D eigenvalue weighted by Crippen LogP contribution is 2.29. The summed E-state index contributed by atoms with van der Waals surface area (Å²) in [6, 6.07) is 38.3. The number of hydrogen-bond donors (Lipinski definition) is 2. The summed E-state index contributed by atoms with van der Waals surface area (Å²) < 4.78 is 0. The van der Waals surface area contributed by atoms with Gasteiger partial charge in [0.05, 0.1) is 22.7 Å². The number of benzene rings is 5. The predicted octanol–water partition coefficient (Wildman–Crippen LogP) is 9.07. The van der Waals surface area contributed by atoms with E-state index in [1.165, 1.54) is 0 Å². The van der Waals surface area contributed by atoms with Gasteiger partial charge in [0.25, 0.3) is 0 Å². The number of phenolic OH excluding ortho intramolecular Hbond substituents is 1. The molecule has 0 aliphatic carbocycles. The molecule has 7 heteroatoms. The standard InChI is InChI=1S/C31H25N5O2/c1-32-38-31-20-16-29(17-21-31)36-34-27-12-8-25(9-13-27)23-4-2-22(3-5-23)24-6-10-26(11-7-24)33-35-28-14-18-30(37)19-15-28/h2-21,32,37H,1H3/b35-33+,36-34+. The van der Waals surface area contributed by atoms with Crippen LogP contribution in [0.4, 0.5) is 22.7 Å². The van der Waals surface area contributed by atoms with Gasteiger partial charge in [-0.1, -0.05) is 48.5 Å². The van der Waals surface area contributed by atoms with Gasteiger partial charge in [-0.3, -0.25) is 0 Å². The van der Waals surface area contributed by atoms with Gasteiger partial charge in [-0.2, -0.15) is 25.9 Å². The summed E-state index contributed by atoms with van der Waals surface area (Å²) in [6.07, 6.45) is 0. The van der Waals surface area contributed by atoms with Crippen molar-refractivity contribution in [3.63, 3.8) is 0 Å². The van der Waals surface area contributed by atoms with Crippen LogP contribution in [-0.2, 0) is 0 Å². The predicted molar refractivity (Wildman–Crippen MR) is 150 cm³/mol.